The number of hydrogen-bond donors (Lipinski definition) is 0. The molecule has 0 aromatic carbocycles. The first-order chi connectivity index (χ1) is 13.1. The average Bonchev–Trinajstić information content (AvgIpc) is 3.19. The van der Waals surface area contributed by atoms with Crippen LogP contribution in [0.4, 0.5) is 0 Å². The second-order valence-corrected chi connectivity index (χ2v) is 8.63. The number of likely N-dealkylation sites (tertiary alicyclic amines) is 1. The van der Waals surface area contributed by atoms with Gasteiger partial charge in [-0.1, -0.05) is 17.8 Å². The summed E-state index contributed by atoms with van der Waals surface area (Å²) in [7, 11) is 0. The Morgan fingerprint density at radius 2 is 2.04 bits per heavy atom. The Labute approximate surface area is 164 Å². The minimum Gasteiger partial charge on any atom is -0.477 e. The van der Waals surface area contributed by atoms with Crippen LogP contribution in [0.1, 0.15) is 39.0 Å². The van der Waals surface area contributed by atoms with Crippen molar-refractivity contribution in [2.24, 2.45) is 0 Å². The standard InChI is InChI=1S/C19H28N4O3S/c1-14(24)23-12-16(26-18-11-20-13-27-18)10-17(23)19(25)22-7-3-6-21(8-9-22)15-4-2-5-15/h11,13,15-17H,2-10,12H2,1H3. The molecule has 0 spiro atoms. The van der Waals surface area contributed by atoms with Gasteiger partial charge in [-0.25, -0.2) is 4.98 Å². The zero-order valence-electron chi connectivity index (χ0n) is 15.9. The van der Waals surface area contributed by atoms with E-state index >= 15 is 0 Å². The molecule has 2 aliphatic heterocycles. The van der Waals surface area contributed by atoms with E-state index in [1.807, 2.05) is 4.90 Å². The van der Waals surface area contributed by atoms with Gasteiger partial charge in [0.05, 0.1) is 18.3 Å². The van der Waals surface area contributed by atoms with Crippen molar-refractivity contribution in [2.75, 3.05) is 32.7 Å². The number of amides is 2. The van der Waals surface area contributed by atoms with Crippen LogP contribution in [0.5, 0.6) is 5.06 Å². The lowest BCUT2D eigenvalue weighted by Gasteiger charge is -2.36. The molecule has 0 radical (unpaired) electrons. The first-order valence-electron chi connectivity index (χ1n) is 9.97. The Morgan fingerprint density at radius 3 is 2.70 bits per heavy atom. The molecule has 8 heteroatoms. The van der Waals surface area contributed by atoms with Crippen LogP contribution in [0.25, 0.3) is 0 Å². The highest BCUT2D eigenvalue weighted by Crippen LogP contribution is 2.28. The minimum atomic E-state index is -0.407. The molecule has 3 heterocycles. The molecule has 2 atom stereocenters. The van der Waals surface area contributed by atoms with Crippen molar-refractivity contribution in [3.8, 4) is 5.06 Å². The SMILES string of the molecule is CC(=O)N1CC(Oc2cncs2)CC1C(=O)N1CCCN(C2CCC2)CC1. The largest absolute Gasteiger partial charge is 0.477 e. The Kier molecular flexibility index (Phi) is 5.63. The first kappa shape index (κ1) is 18.7. The molecule has 2 amide bonds. The second-order valence-electron chi connectivity index (χ2n) is 7.78. The molecule has 0 N–H and O–H groups in total. The van der Waals surface area contributed by atoms with E-state index in [-0.39, 0.29) is 17.9 Å². The number of nitrogens with zero attached hydrogens (tertiary/aromatic N) is 4. The fourth-order valence-corrected chi connectivity index (χ4v) is 4.92. The molecular weight excluding hydrogens is 364 g/mol. The summed E-state index contributed by atoms with van der Waals surface area (Å²) in [6, 6.07) is 0.313. The van der Waals surface area contributed by atoms with Gasteiger partial charge in [0, 0.05) is 45.6 Å². The Hall–Kier alpha value is -1.67. The van der Waals surface area contributed by atoms with Gasteiger partial charge in [-0.2, -0.15) is 0 Å². The van der Waals surface area contributed by atoms with E-state index in [1.165, 1.54) is 37.5 Å². The molecule has 7 nitrogen and oxygen atoms in total. The summed E-state index contributed by atoms with van der Waals surface area (Å²) in [6.45, 7) is 5.57. The number of rotatable bonds is 4. The third-order valence-corrected chi connectivity index (χ3v) is 6.74. The zero-order valence-corrected chi connectivity index (χ0v) is 16.7. The van der Waals surface area contributed by atoms with Crippen molar-refractivity contribution < 1.29 is 14.3 Å². The van der Waals surface area contributed by atoms with Crippen LogP contribution in [0, 0.1) is 0 Å². The third-order valence-electron chi connectivity index (χ3n) is 6.08. The van der Waals surface area contributed by atoms with Crippen LogP contribution in [-0.4, -0.2) is 82.4 Å². The molecule has 1 aromatic rings. The minimum absolute atomic E-state index is 0.0605. The van der Waals surface area contributed by atoms with E-state index in [1.54, 1.807) is 16.6 Å². The maximum Gasteiger partial charge on any atom is 0.245 e. The summed E-state index contributed by atoms with van der Waals surface area (Å²) in [4.78, 5) is 35.6. The highest BCUT2D eigenvalue weighted by Gasteiger charge is 2.42. The average molecular weight is 393 g/mol. The monoisotopic (exact) mass is 392 g/mol. The first-order valence-corrected chi connectivity index (χ1v) is 10.8. The number of ether oxygens (including phenoxy) is 1. The number of aromatic nitrogens is 1. The highest BCUT2D eigenvalue weighted by atomic mass is 32.1. The molecular formula is C19H28N4O3S. The van der Waals surface area contributed by atoms with E-state index in [2.05, 4.69) is 9.88 Å². The van der Waals surface area contributed by atoms with Gasteiger partial charge in [-0.15, -0.1) is 0 Å². The van der Waals surface area contributed by atoms with Crippen molar-refractivity contribution in [3.63, 3.8) is 0 Å². The van der Waals surface area contributed by atoms with Crippen LogP contribution in [0.3, 0.4) is 0 Å². The van der Waals surface area contributed by atoms with Crippen LogP contribution in [-0.2, 0) is 9.59 Å². The lowest BCUT2D eigenvalue weighted by molar-refractivity contribution is -0.142. The highest BCUT2D eigenvalue weighted by molar-refractivity contribution is 7.11. The Balaban J connectivity index is 1.39. The molecule has 0 bridgehead atoms. The molecule has 27 heavy (non-hydrogen) atoms. The van der Waals surface area contributed by atoms with Gasteiger partial charge in [0.1, 0.15) is 12.1 Å². The predicted molar refractivity (Wildman–Crippen MR) is 103 cm³/mol. The van der Waals surface area contributed by atoms with Crippen LogP contribution in [0.2, 0.25) is 0 Å². The van der Waals surface area contributed by atoms with Crippen LogP contribution >= 0.6 is 11.3 Å². The predicted octanol–water partition coefficient (Wildman–Crippen LogP) is 1.60. The molecule has 1 aromatic heterocycles. The van der Waals surface area contributed by atoms with Crippen LogP contribution in [0.15, 0.2) is 11.7 Å². The molecule has 3 fully saturated rings. The maximum absolute atomic E-state index is 13.2. The third kappa shape index (κ3) is 4.11. The topological polar surface area (TPSA) is 66.0 Å². The lowest BCUT2D eigenvalue weighted by Crippen LogP contribution is -2.48. The summed E-state index contributed by atoms with van der Waals surface area (Å²) in [5, 5.41) is 0.738. The van der Waals surface area contributed by atoms with E-state index in [0.717, 1.165) is 43.7 Å². The zero-order chi connectivity index (χ0) is 18.8. The summed E-state index contributed by atoms with van der Waals surface area (Å²) in [5.41, 5.74) is 1.72. The number of carbonyl (C=O) groups excluding carboxylic acids is 2. The molecule has 1 saturated carbocycles. The van der Waals surface area contributed by atoms with Gasteiger partial charge in [0.15, 0.2) is 5.06 Å². The van der Waals surface area contributed by atoms with Crippen molar-refractivity contribution in [3.05, 3.63) is 11.7 Å². The fraction of sp³-hybridized carbons (Fsp3) is 0.737. The van der Waals surface area contributed by atoms with E-state index in [9.17, 15) is 9.59 Å². The quantitative estimate of drug-likeness (QED) is 0.779. The smallest absolute Gasteiger partial charge is 0.245 e. The summed E-state index contributed by atoms with van der Waals surface area (Å²) >= 11 is 1.43. The Bertz CT molecular complexity index is 664. The van der Waals surface area contributed by atoms with Gasteiger partial charge in [0.2, 0.25) is 11.8 Å². The van der Waals surface area contributed by atoms with Gasteiger partial charge in [-0.05, 0) is 19.3 Å². The Morgan fingerprint density at radius 1 is 1.19 bits per heavy atom. The van der Waals surface area contributed by atoms with E-state index in [0.29, 0.717) is 13.0 Å². The van der Waals surface area contributed by atoms with Crippen molar-refractivity contribution in [1.82, 2.24) is 19.7 Å². The number of hydrogen-bond acceptors (Lipinski definition) is 6. The normalized spacial score (nSPS) is 27.3. The van der Waals surface area contributed by atoms with Crippen molar-refractivity contribution in [1.29, 1.82) is 0 Å². The maximum atomic E-state index is 13.2. The van der Waals surface area contributed by atoms with Crippen LogP contribution < -0.4 is 4.74 Å². The number of thiazole rings is 1. The summed E-state index contributed by atoms with van der Waals surface area (Å²) in [5.74, 6) is 0.0192. The molecule has 4 rings (SSSR count). The summed E-state index contributed by atoms with van der Waals surface area (Å²) in [6.07, 6.45) is 7.02. The van der Waals surface area contributed by atoms with Crippen molar-refractivity contribution >= 4 is 23.2 Å². The fourth-order valence-electron chi connectivity index (χ4n) is 4.38. The van der Waals surface area contributed by atoms with E-state index in [4.69, 9.17) is 4.74 Å². The summed E-state index contributed by atoms with van der Waals surface area (Å²) < 4.78 is 5.94. The number of carbonyl (C=O) groups is 2. The molecule has 3 aliphatic rings. The molecule has 148 valence electrons. The second kappa shape index (κ2) is 8.14. The van der Waals surface area contributed by atoms with Gasteiger partial charge in [-0.3, -0.25) is 14.5 Å². The van der Waals surface area contributed by atoms with Gasteiger partial charge in [0.25, 0.3) is 0 Å². The van der Waals surface area contributed by atoms with E-state index < -0.39 is 6.04 Å². The molecule has 2 saturated heterocycles. The molecule has 2 unspecified atom stereocenters. The van der Waals surface area contributed by atoms with Crippen molar-refractivity contribution in [2.45, 2.75) is 57.2 Å². The van der Waals surface area contributed by atoms with Gasteiger partial charge >= 0.3 is 0 Å². The van der Waals surface area contributed by atoms with Gasteiger partial charge < -0.3 is 14.5 Å². The lowest BCUT2D eigenvalue weighted by atomic mass is 9.91. The molecule has 1 aliphatic carbocycles.